The van der Waals surface area contributed by atoms with Crippen LogP contribution in [0.25, 0.3) is 0 Å². The Morgan fingerprint density at radius 2 is 1.67 bits per heavy atom. The Morgan fingerprint density at radius 3 is 2.22 bits per heavy atom. The summed E-state index contributed by atoms with van der Waals surface area (Å²) in [5.74, 6) is -1.51. The lowest BCUT2D eigenvalue weighted by molar-refractivity contribution is -0.129. The van der Waals surface area contributed by atoms with Gasteiger partial charge in [0.25, 0.3) is 5.91 Å². The summed E-state index contributed by atoms with van der Waals surface area (Å²) in [6, 6.07) is 11.2. The van der Waals surface area contributed by atoms with Gasteiger partial charge in [-0.15, -0.1) is 0 Å². The van der Waals surface area contributed by atoms with E-state index in [1.54, 1.807) is 12.1 Å². The molecule has 0 bridgehead atoms. The topological polar surface area (TPSA) is 89.5 Å². The first-order valence-corrected chi connectivity index (χ1v) is 10.1. The van der Waals surface area contributed by atoms with Crippen LogP contribution in [0.1, 0.15) is 22.8 Å². The van der Waals surface area contributed by atoms with Gasteiger partial charge in [0, 0.05) is 12.8 Å². The molecule has 1 amide bonds. The lowest BCUT2D eigenvalue weighted by Crippen LogP contribution is -2.36. The van der Waals surface area contributed by atoms with E-state index in [4.69, 9.17) is 4.74 Å². The lowest BCUT2D eigenvalue weighted by atomic mass is 10.1. The first kappa shape index (κ1) is 20.6. The van der Waals surface area contributed by atoms with Crippen LogP contribution in [-0.4, -0.2) is 39.2 Å². The van der Waals surface area contributed by atoms with Crippen LogP contribution in [0.3, 0.4) is 0 Å². The monoisotopic (exact) mass is 393 g/mol. The molecule has 144 valence electrons. The highest BCUT2D eigenvalue weighted by molar-refractivity contribution is 7.90. The van der Waals surface area contributed by atoms with Gasteiger partial charge in [0.1, 0.15) is 5.82 Å². The molecule has 1 atom stereocenters. The number of nitrogens with one attached hydrogen (secondary N) is 1. The third kappa shape index (κ3) is 6.18. The molecule has 6 nitrogen and oxygen atoms in total. The van der Waals surface area contributed by atoms with Crippen molar-refractivity contribution in [2.24, 2.45) is 0 Å². The molecule has 1 N–H and O–H groups in total. The van der Waals surface area contributed by atoms with Crippen LogP contribution >= 0.6 is 0 Å². The van der Waals surface area contributed by atoms with Gasteiger partial charge in [-0.25, -0.2) is 17.6 Å². The quantitative estimate of drug-likeness (QED) is 0.728. The van der Waals surface area contributed by atoms with Crippen molar-refractivity contribution in [1.29, 1.82) is 0 Å². The number of rotatable bonds is 7. The molecule has 0 aliphatic carbocycles. The van der Waals surface area contributed by atoms with Crippen molar-refractivity contribution in [2.75, 3.05) is 12.8 Å². The zero-order valence-corrected chi connectivity index (χ0v) is 15.8. The molecule has 2 rings (SSSR count). The van der Waals surface area contributed by atoms with Gasteiger partial charge in [0.15, 0.2) is 15.9 Å². The van der Waals surface area contributed by atoms with E-state index in [1.165, 1.54) is 43.3 Å². The summed E-state index contributed by atoms with van der Waals surface area (Å²) in [4.78, 5) is 24.2. The first-order chi connectivity index (χ1) is 12.7. The van der Waals surface area contributed by atoms with Gasteiger partial charge in [-0.1, -0.05) is 12.1 Å². The Bertz CT molecular complexity index is 908. The van der Waals surface area contributed by atoms with Gasteiger partial charge in [0.05, 0.1) is 10.5 Å². The molecule has 0 heterocycles. The molecule has 0 aromatic heterocycles. The number of amides is 1. The molecule has 8 heteroatoms. The number of carbonyl (C=O) groups excluding carboxylic acids is 2. The largest absolute Gasteiger partial charge is 0.449 e. The Morgan fingerprint density at radius 1 is 1.07 bits per heavy atom. The molecule has 27 heavy (non-hydrogen) atoms. The Labute approximate surface area is 157 Å². The number of carbonyl (C=O) groups is 2. The highest BCUT2D eigenvalue weighted by Gasteiger charge is 2.19. The molecule has 0 spiro atoms. The molecule has 0 aliphatic heterocycles. The standard InChI is InChI=1S/C19H20FNO5S/c1-13(18(22)21-12-11-14-3-7-16(20)8-4-14)26-19(23)15-5-9-17(10-6-15)27(2,24)25/h3-10,13H,11-12H2,1-2H3,(H,21,22)/t13-/m1/s1. The molecule has 0 saturated carbocycles. The molecule has 0 saturated heterocycles. The predicted octanol–water partition coefficient (Wildman–Crippen LogP) is 2.13. The Kier molecular flexibility index (Phi) is 6.68. The Balaban J connectivity index is 1.84. The highest BCUT2D eigenvalue weighted by Crippen LogP contribution is 2.12. The van der Waals surface area contributed by atoms with Gasteiger partial charge >= 0.3 is 5.97 Å². The van der Waals surface area contributed by atoms with Crippen LogP contribution in [-0.2, 0) is 25.8 Å². The van der Waals surface area contributed by atoms with Gasteiger partial charge in [-0.2, -0.15) is 0 Å². The normalized spacial score (nSPS) is 12.3. The fraction of sp³-hybridized carbons (Fsp3) is 0.263. The summed E-state index contributed by atoms with van der Waals surface area (Å²) in [7, 11) is -3.35. The number of sulfone groups is 1. The van der Waals surface area contributed by atoms with E-state index in [9.17, 15) is 22.4 Å². The van der Waals surface area contributed by atoms with Crippen molar-refractivity contribution in [3.63, 3.8) is 0 Å². The highest BCUT2D eigenvalue weighted by atomic mass is 32.2. The maximum atomic E-state index is 12.8. The van der Waals surface area contributed by atoms with Gasteiger partial charge in [-0.05, 0) is 55.3 Å². The minimum Gasteiger partial charge on any atom is -0.449 e. The average Bonchev–Trinajstić information content (AvgIpc) is 2.62. The van der Waals surface area contributed by atoms with Crippen molar-refractivity contribution in [1.82, 2.24) is 5.32 Å². The second-order valence-corrected chi connectivity index (χ2v) is 8.03. The van der Waals surface area contributed by atoms with E-state index in [-0.39, 0.29) is 16.3 Å². The maximum Gasteiger partial charge on any atom is 0.338 e. The fourth-order valence-corrected chi connectivity index (χ4v) is 2.88. The van der Waals surface area contributed by atoms with E-state index in [0.29, 0.717) is 13.0 Å². The number of halogens is 1. The van der Waals surface area contributed by atoms with E-state index in [0.717, 1.165) is 11.8 Å². The molecular weight excluding hydrogens is 373 g/mol. The first-order valence-electron chi connectivity index (χ1n) is 8.20. The van der Waals surface area contributed by atoms with Crippen molar-refractivity contribution in [3.8, 4) is 0 Å². The van der Waals surface area contributed by atoms with Crippen LogP contribution in [0.2, 0.25) is 0 Å². The molecule has 2 aromatic carbocycles. The number of benzene rings is 2. The van der Waals surface area contributed by atoms with Crippen LogP contribution < -0.4 is 5.32 Å². The fourth-order valence-electron chi connectivity index (χ4n) is 2.25. The van der Waals surface area contributed by atoms with Crippen molar-refractivity contribution >= 4 is 21.7 Å². The molecule has 0 fully saturated rings. The maximum absolute atomic E-state index is 12.8. The van der Waals surface area contributed by atoms with Crippen molar-refractivity contribution < 1.29 is 27.1 Å². The number of hydrogen-bond acceptors (Lipinski definition) is 5. The van der Waals surface area contributed by atoms with Crippen LogP contribution in [0.4, 0.5) is 4.39 Å². The minimum atomic E-state index is -3.35. The summed E-state index contributed by atoms with van der Waals surface area (Å²) in [5.41, 5.74) is 1.01. The average molecular weight is 393 g/mol. The zero-order valence-electron chi connectivity index (χ0n) is 14.9. The van der Waals surface area contributed by atoms with Gasteiger partial charge in [-0.3, -0.25) is 4.79 Å². The predicted molar refractivity (Wildman–Crippen MR) is 97.5 cm³/mol. The zero-order chi connectivity index (χ0) is 20.0. The molecule has 2 aromatic rings. The second kappa shape index (κ2) is 8.77. The summed E-state index contributed by atoms with van der Waals surface area (Å²) in [6.45, 7) is 1.76. The smallest absolute Gasteiger partial charge is 0.338 e. The summed E-state index contributed by atoms with van der Waals surface area (Å²) >= 11 is 0. The molecule has 0 unspecified atom stereocenters. The van der Waals surface area contributed by atoms with Crippen molar-refractivity contribution in [2.45, 2.75) is 24.3 Å². The number of hydrogen-bond donors (Lipinski definition) is 1. The molecule has 0 radical (unpaired) electrons. The Hall–Kier alpha value is -2.74. The summed E-state index contributed by atoms with van der Waals surface area (Å²) < 4.78 is 40.8. The summed E-state index contributed by atoms with van der Waals surface area (Å²) in [6.07, 6.45) is 0.568. The van der Waals surface area contributed by atoms with Crippen molar-refractivity contribution in [3.05, 3.63) is 65.5 Å². The van der Waals surface area contributed by atoms with E-state index >= 15 is 0 Å². The molecule has 0 aliphatic rings. The SMILES string of the molecule is C[C@@H](OC(=O)c1ccc(S(C)(=O)=O)cc1)C(=O)NCCc1ccc(F)cc1. The number of ether oxygens (including phenoxy) is 1. The van der Waals surface area contributed by atoms with Crippen LogP contribution in [0, 0.1) is 5.82 Å². The van der Waals surface area contributed by atoms with E-state index < -0.39 is 27.8 Å². The van der Waals surface area contributed by atoms with Crippen LogP contribution in [0.5, 0.6) is 0 Å². The van der Waals surface area contributed by atoms with E-state index in [2.05, 4.69) is 5.32 Å². The third-order valence-corrected chi connectivity index (χ3v) is 4.93. The third-order valence-electron chi connectivity index (χ3n) is 3.80. The van der Waals surface area contributed by atoms with Gasteiger partial charge < -0.3 is 10.1 Å². The van der Waals surface area contributed by atoms with Gasteiger partial charge in [0.2, 0.25) is 0 Å². The molecular formula is C19H20FNO5S. The second-order valence-electron chi connectivity index (χ2n) is 6.01. The van der Waals surface area contributed by atoms with Crippen LogP contribution in [0.15, 0.2) is 53.4 Å². The lowest BCUT2D eigenvalue weighted by Gasteiger charge is -2.13. The number of esters is 1. The summed E-state index contributed by atoms with van der Waals surface area (Å²) in [5, 5.41) is 2.64. The minimum absolute atomic E-state index is 0.0886. The van der Waals surface area contributed by atoms with E-state index in [1.807, 2.05) is 0 Å².